The number of hydrogen-bond acceptors (Lipinski definition) is 2. The quantitative estimate of drug-likeness (QED) is 0.773. The predicted molar refractivity (Wildman–Crippen MR) is 58.6 cm³/mol. The molecule has 3 heteroatoms. The summed E-state index contributed by atoms with van der Waals surface area (Å²) in [7, 11) is 0. The molecule has 0 bridgehead atoms. The second-order valence-electron chi connectivity index (χ2n) is 4.08. The highest BCUT2D eigenvalue weighted by Gasteiger charge is 2.22. The van der Waals surface area contributed by atoms with E-state index in [1.54, 1.807) is 0 Å². The van der Waals surface area contributed by atoms with Crippen molar-refractivity contribution >= 4 is 5.82 Å². The monoisotopic (exact) mass is 193 g/mol. The van der Waals surface area contributed by atoms with E-state index in [0.29, 0.717) is 0 Å². The SMILES string of the molecule is CCNc1n[nH]c2c1CC(CC)CC2. The van der Waals surface area contributed by atoms with Crippen molar-refractivity contribution in [2.24, 2.45) is 5.92 Å². The molecule has 1 atom stereocenters. The summed E-state index contributed by atoms with van der Waals surface area (Å²) >= 11 is 0. The van der Waals surface area contributed by atoms with Gasteiger partial charge in [0, 0.05) is 17.8 Å². The average molecular weight is 193 g/mol. The van der Waals surface area contributed by atoms with Crippen molar-refractivity contribution in [3.05, 3.63) is 11.3 Å². The van der Waals surface area contributed by atoms with E-state index in [1.165, 1.54) is 36.9 Å². The highest BCUT2D eigenvalue weighted by Crippen LogP contribution is 2.30. The van der Waals surface area contributed by atoms with Crippen LogP contribution in [0.1, 0.15) is 37.9 Å². The standard InChI is InChI=1S/C11H19N3/c1-3-8-5-6-10-9(7-8)11(12-4-2)14-13-10/h8H,3-7H2,1-2H3,(H2,12,13,14). The van der Waals surface area contributed by atoms with Crippen LogP contribution >= 0.6 is 0 Å². The van der Waals surface area contributed by atoms with Crippen LogP contribution in [0.2, 0.25) is 0 Å². The highest BCUT2D eigenvalue weighted by molar-refractivity contribution is 5.47. The lowest BCUT2D eigenvalue weighted by atomic mass is 9.86. The van der Waals surface area contributed by atoms with Crippen LogP contribution in [0.25, 0.3) is 0 Å². The molecule has 1 unspecified atom stereocenters. The summed E-state index contributed by atoms with van der Waals surface area (Å²) in [5.74, 6) is 1.94. The second kappa shape index (κ2) is 4.03. The molecule has 3 nitrogen and oxygen atoms in total. The lowest BCUT2D eigenvalue weighted by Crippen LogP contribution is -2.13. The van der Waals surface area contributed by atoms with Gasteiger partial charge in [0.2, 0.25) is 0 Å². The summed E-state index contributed by atoms with van der Waals surface area (Å²) in [5.41, 5.74) is 2.79. The van der Waals surface area contributed by atoms with Crippen LogP contribution in [0.5, 0.6) is 0 Å². The van der Waals surface area contributed by atoms with Crippen LogP contribution in [0.3, 0.4) is 0 Å². The molecule has 1 aliphatic carbocycles. The van der Waals surface area contributed by atoms with Crippen molar-refractivity contribution < 1.29 is 0 Å². The van der Waals surface area contributed by atoms with Gasteiger partial charge >= 0.3 is 0 Å². The number of nitrogens with one attached hydrogen (secondary N) is 2. The van der Waals surface area contributed by atoms with Crippen LogP contribution in [0.15, 0.2) is 0 Å². The first-order valence-corrected chi connectivity index (χ1v) is 5.65. The van der Waals surface area contributed by atoms with Crippen LogP contribution in [-0.4, -0.2) is 16.7 Å². The average Bonchev–Trinajstić information content (AvgIpc) is 2.61. The number of anilines is 1. The van der Waals surface area contributed by atoms with Gasteiger partial charge in [0.25, 0.3) is 0 Å². The molecule has 2 rings (SSSR count). The first kappa shape index (κ1) is 9.56. The van der Waals surface area contributed by atoms with E-state index < -0.39 is 0 Å². The minimum absolute atomic E-state index is 0.859. The minimum Gasteiger partial charge on any atom is -0.369 e. The van der Waals surface area contributed by atoms with Gasteiger partial charge in [-0.1, -0.05) is 13.3 Å². The Labute approximate surface area is 85.3 Å². The van der Waals surface area contributed by atoms with E-state index in [1.807, 2.05) is 0 Å². The smallest absolute Gasteiger partial charge is 0.151 e. The Kier molecular flexibility index (Phi) is 2.75. The number of aromatic amines is 1. The Bertz CT molecular complexity index is 303. The van der Waals surface area contributed by atoms with Gasteiger partial charge in [-0.05, 0) is 32.1 Å². The number of nitrogens with zero attached hydrogens (tertiary/aromatic N) is 1. The number of H-pyrrole nitrogens is 1. The Morgan fingerprint density at radius 1 is 1.50 bits per heavy atom. The van der Waals surface area contributed by atoms with E-state index in [-0.39, 0.29) is 0 Å². The largest absolute Gasteiger partial charge is 0.369 e. The molecular formula is C11H19N3. The number of hydrogen-bond donors (Lipinski definition) is 2. The molecule has 0 saturated carbocycles. The molecule has 0 aliphatic heterocycles. The zero-order chi connectivity index (χ0) is 9.97. The fourth-order valence-corrected chi connectivity index (χ4v) is 2.23. The molecule has 0 spiro atoms. The molecule has 0 fully saturated rings. The molecule has 78 valence electrons. The van der Waals surface area contributed by atoms with E-state index in [9.17, 15) is 0 Å². The summed E-state index contributed by atoms with van der Waals surface area (Å²) in [6.45, 7) is 5.35. The van der Waals surface area contributed by atoms with Crippen LogP contribution in [0, 0.1) is 5.92 Å². The van der Waals surface area contributed by atoms with E-state index in [4.69, 9.17) is 0 Å². The van der Waals surface area contributed by atoms with Crippen molar-refractivity contribution in [3.8, 4) is 0 Å². The van der Waals surface area contributed by atoms with Crippen molar-refractivity contribution in [2.75, 3.05) is 11.9 Å². The lowest BCUT2D eigenvalue weighted by Gasteiger charge is -2.20. The van der Waals surface area contributed by atoms with Crippen LogP contribution in [-0.2, 0) is 12.8 Å². The van der Waals surface area contributed by atoms with E-state index in [0.717, 1.165) is 18.3 Å². The summed E-state index contributed by atoms with van der Waals surface area (Å²) < 4.78 is 0. The topological polar surface area (TPSA) is 40.7 Å². The minimum atomic E-state index is 0.859. The zero-order valence-electron chi connectivity index (χ0n) is 9.06. The maximum atomic E-state index is 4.32. The van der Waals surface area contributed by atoms with Crippen molar-refractivity contribution in [1.29, 1.82) is 0 Å². The van der Waals surface area contributed by atoms with E-state index >= 15 is 0 Å². The molecular weight excluding hydrogens is 174 g/mol. The Morgan fingerprint density at radius 2 is 2.36 bits per heavy atom. The number of rotatable bonds is 3. The number of aromatic nitrogens is 2. The normalized spacial score (nSPS) is 20.6. The zero-order valence-corrected chi connectivity index (χ0v) is 9.06. The Balaban J connectivity index is 2.19. The Morgan fingerprint density at radius 3 is 3.07 bits per heavy atom. The molecule has 0 saturated heterocycles. The first-order chi connectivity index (χ1) is 6.85. The van der Waals surface area contributed by atoms with Crippen molar-refractivity contribution in [1.82, 2.24) is 10.2 Å². The number of fused-ring (bicyclic) bond motifs is 1. The second-order valence-corrected chi connectivity index (χ2v) is 4.08. The van der Waals surface area contributed by atoms with E-state index in [2.05, 4.69) is 29.4 Å². The molecule has 0 radical (unpaired) electrons. The molecule has 1 aromatic rings. The fourth-order valence-electron chi connectivity index (χ4n) is 2.23. The van der Waals surface area contributed by atoms with Gasteiger partial charge < -0.3 is 5.32 Å². The molecule has 2 N–H and O–H groups in total. The molecule has 1 aromatic heterocycles. The van der Waals surface area contributed by atoms with Crippen LogP contribution in [0.4, 0.5) is 5.82 Å². The molecule has 1 aliphatic rings. The van der Waals surface area contributed by atoms with Gasteiger partial charge in [-0.25, -0.2) is 0 Å². The van der Waals surface area contributed by atoms with Gasteiger partial charge in [0.05, 0.1) is 0 Å². The summed E-state index contributed by atoms with van der Waals surface area (Å²) in [5, 5.41) is 10.8. The third-order valence-electron chi connectivity index (χ3n) is 3.17. The molecule has 14 heavy (non-hydrogen) atoms. The molecule has 0 aromatic carbocycles. The van der Waals surface area contributed by atoms with Gasteiger partial charge in [-0.15, -0.1) is 0 Å². The highest BCUT2D eigenvalue weighted by atomic mass is 15.2. The van der Waals surface area contributed by atoms with Gasteiger partial charge in [0.15, 0.2) is 5.82 Å². The summed E-state index contributed by atoms with van der Waals surface area (Å²) in [6.07, 6.45) is 4.98. The predicted octanol–water partition coefficient (Wildman–Crippen LogP) is 2.36. The van der Waals surface area contributed by atoms with Gasteiger partial charge in [-0.2, -0.15) is 5.10 Å². The van der Waals surface area contributed by atoms with Gasteiger partial charge in [0.1, 0.15) is 0 Å². The molecule has 1 heterocycles. The van der Waals surface area contributed by atoms with Crippen LogP contribution < -0.4 is 5.32 Å². The molecule has 0 amide bonds. The third-order valence-corrected chi connectivity index (χ3v) is 3.17. The fraction of sp³-hybridized carbons (Fsp3) is 0.727. The van der Waals surface area contributed by atoms with Crippen molar-refractivity contribution in [3.63, 3.8) is 0 Å². The Hall–Kier alpha value is -0.990. The summed E-state index contributed by atoms with van der Waals surface area (Å²) in [4.78, 5) is 0. The maximum Gasteiger partial charge on any atom is 0.151 e. The summed E-state index contributed by atoms with van der Waals surface area (Å²) in [6, 6.07) is 0. The maximum absolute atomic E-state index is 4.32. The third kappa shape index (κ3) is 1.63. The first-order valence-electron chi connectivity index (χ1n) is 5.65. The number of aryl methyl sites for hydroxylation is 1. The lowest BCUT2D eigenvalue weighted by molar-refractivity contribution is 0.443. The van der Waals surface area contributed by atoms with Gasteiger partial charge in [-0.3, -0.25) is 5.10 Å². The van der Waals surface area contributed by atoms with Crippen molar-refractivity contribution in [2.45, 2.75) is 39.5 Å².